The number of nitrogens with zero attached hydrogens (tertiary/aromatic N) is 2. The van der Waals surface area contributed by atoms with Gasteiger partial charge in [0.1, 0.15) is 10.9 Å². The van der Waals surface area contributed by atoms with E-state index < -0.39 is 12.0 Å². The van der Waals surface area contributed by atoms with E-state index in [1.165, 1.54) is 22.2 Å². The van der Waals surface area contributed by atoms with Crippen molar-refractivity contribution >= 4 is 27.5 Å². The molecule has 2 heterocycles. The number of hydrogen-bond acceptors (Lipinski definition) is 5. The molecule has 0 N–H and O–H groups in total. The van der Waals surface area contributed by atoms with Crippen molar-refractivity contribution in [3.05, 3.63) is 52.4 Å². The molecule has 0 amide bonds. The molecule has 0 saturated heterocycles. The summed E-state index contributed by atoms with van der Waals surface area (Å²) in [5.74, 6) is -0.422. The minimum atomic E-state index is -0.720. The molecule has 2 atom stereocenters. The van der Waals surface area contributed by atoms with Crippen molar-refractivity contribution in [2.24, 2.45) is 0 Å². The first-order chi connectivity index (χ1) is 12.0. The maximum atomic E-state index is 13.0. The molecule has 0 aliphatic rings. The number of fused-ring (bicyclic) bond motifs is 1. The summed E-state index contributed by atoms with van der Waals surface area (Å²) in [5, 5.41) is 2.47. The monoisotopic (exact) mass is 356 g/mol. The smallest absolute Gasteiger partial charge is 0.329 e. The predicted molar refractivity (Wildman–Crippen MR) is 99.9 cm³/mol. The summed E-state index contributed by atoms with van der Waals surface area (Å²) >= 11 is 1.43. The van der Waals surface area contributed by atoms with Crippen molar-refractivity contribution in [2.75, 3.05) is 0 Å². The lowest BCUT2D eigenvalue weighted by molar-refractivity contribution is -0.152. The van der Waals surface area contributed by atoms with Crippen molar-refractivity contribution in [3.8, 4) is 11.1 Å². The Labute approximate surface area is 149 Å². The molecular weight excluding hydrogens is 336 g/mol. The first kappa shape index (κ1) is 17.4. The van der Waals surface area contributed by atoms with Gasteiger partial charge in [0, 0.05) is 10.9 Å². The molecule has 3 rings (SSSR count). The van der Waals surface area contributed by atoms with Crippen LogP contribution in [0.4, 0.5) is 0 Å². The van der Waals surface area contributed by atoms with Crippen molar-refractivity contribution < 1.29 is 9.53 Å². The minimum absolute atomic E-state index is 0.177. The third kappa shape index (κ3) is 3.35. The van der Waals surface area contributed by atoms with Crippen LogP contribution in [0.3, 0.4) is 0 Å². The molecule has 0 spiro atoms. The first-order valence-electron chi connectivity index (χ1n) is 8.27. The average molecular weight is 356 g/mol. The second-order valence-electron chi connectivity index (χ2n) is 5.98. The van der Waals surface area contributed by atoms with Crippen molar-refractivity contribution in [1.82, 2.24) is 9.55 Å². The van der Waals surface area contributed by atoms with Crippen LogP contribution in [0.25, 0.3) is 21.3 Å². The number of carbonyl (C=O) groups is 1. The van der Waals surface area contributed by atoms with E-state index >= 15 is 0 Å². The molecule has 130 valence electrons. The van der Waals surface area contributed by atoms with Gasteiger partial charge in [0.2, 0.25) is 0 Å². The van der Waals surface area contributed by atoms with E-state index in [0.717, 1.165) is 17.5 Å². The number of esters is 1. The Bertz CT molecular complexity index is 946. The molecule has 0 saturated carbocycles. The fraction of sp³-hybridized carbons (Fsp3) is 0.316. The van der Waals surface area contributed by atoms with Gasteiger partial charge in [-0.2, -0.15) is 0 Å². The topological polar surface area (TPSA) is 61.2 Å². The maximum Gasteiger partial charge on any atom is 0.329 e. The van der Waals surface area contributed by atoms with Crippen molar-refractivity contribution in [3.63, 3.8) is 0 Å². The van der Waals surface area contributed by atoms with E-state index in [9.17, 15) is 9.59 Å². The van der Waals surface area contributed by atoms with E-state index in [4.69, 9.17) is 4.74 Å². The van der Waals surface area contributed by atoms with E-state index in [1.54, 1.807) is 6.92 Å². The van der Waals surface area contributed by atoms with Gasteiger partial charge in [-0.15, -0.1) is 11.3 Å². The Morgan fingerprint density at radius 1 is 1.28 bits per heavy atom. The highest BCUT2D eigenvalue weighted by atomic mass is 32.1. The first-order valence-corrected chi connectivity index (χ1v) is 9.15. The zero-order valence-corrected chi connectivity index (χ0v) is 15.2. The largest absolute Gasteiger partial charge is 0.461 e. The third-order valence-electron chi connectivity index (χ3n) is 4.25. The molecule has 0 unspecified atom stereocenters. The fourth-order valence-electron chi connectivity index (χ4n) is 2.55. The van der Waals surface area contributed by atoms with Crippen LogP contribution in [0.1, 0.15) is 33.2 Å². The average Bonchev–Trinajstić information content (AvgIpc) is 3.07. The number of carbonyl (C=O) groups excluding carboxylic acids is 1. The second-order valence-corrected chi connectivity index (χ2v) is 6.84. The number of benzene rings is 1. The van der Waals surface area contributed by atoms with E-state index in [-0.39, 0.29) is 11.7 Å². The maximum absolute atomic E-state index is 13.0. The number of thiophene rings is 1. The van der Waals surface area contributed by atoms with Crippen molar-refractivity contribution in [1.29, 1.82) is 0 Å². The summed E-state index contributed by atoms with van der Waals surface area (Å²) in [5.41, 5.74) is 1.58. The van der Waals surface area contributed by atoms with Gasteiger partial charge in [-0.05, 0) is 25.8 Å². The van der Waals surface area contributed by atoms with Gasteiger partial charge in [-0.25, -0.2) is 9.78 Å². The zero-order chi connectivity index (χ0) is 18.0. The summed E-state index contributed by atoms with van der Waals surface area (Å²) < 4.78 is 6.71. The fourth-order valence-corrected chi connectivity index (χ4v) is 3.45. The Morgan fingerprint density at radius 3 is 2.68 bits per heavy atom. The van der Waals surface area contributed by atoms with Gasteiger partial charge in [0.05, 0.1) is 17.8 Å². The summed E-state index contributed by atoms with van der Waals surface area (Å²) in [6, 6.07) is 8.99. The van der Waals surface area contributed by atoms with E-state index in [1.807, 2.05) is 49.6 Å². The molecular formula is C19H20N2O3S. The predicted octanol–water partition coefficient (Wildman–Crippen LogP) is 4.03. The van der Waals surface area contributed by atoms with Gasteiger partial charge >= 0.3 is 5.97 Å². The zero-order valence-electron chi connectivity index (χ0n) is 14.4. The number of rotatable bonds is 5. The van der Waals surface area contributed by atoms with Gasteiger partial charge in [0.15, 0.2) is 0 Å². The van der Waals surface area contributed by atoms with Crippen LogP contribution in [0, 0.1) is 0 Å². The lowest BCUT2D eigenvalue weighted by Gasteiger charge is -2.17. The normalized spacial score (nSPS) is 13.6. The molecule has 0 aliphatic carbocycles. The highest BCUT2D eigenvalue weighted by Crippen LogP contribution is 2.30. The van der Waals surface area contributed by atoms with Gasteiger partial charge in [-0.3, -0.25) is 9.36 Å². The third-order valence-corrected chi connectivity index (χ3v) is 5.14. The Balaban J connectivity index is 2.05. The molecule has 0 radical (unpaired) electrons. The Kier molecular flexibility index (Phi) is 4.99. The highest BCUT2D eigenvalue weighted by molar-refractivity contribution is 7.17. The van der Waals surface area contributed by atoms with Crippen LogP contribution in [-0.4, -0.2) is 21.6 Å². The molecule has 5 nitrogen and oxygen atoms in total. The van der Waals surface area contributed by atoms with E-state index in [0.29, 0.717) is 10.2 Å². The van der Waals surface area contributed by atoms with Crippen LogP contribution in [0.5, 0.6) is 0 Å². The number of aromatic nitrogens is 2. The van der Waals surface area contributed by atoms with Gasteiger partial charge in [0.25, 0.3) is 5.56 Å². The molecule has 0 fully saturated rings. The quantitative estimate of drug-likeness (QED) is 0.648. The SMILES string of the molecule is CC[C@@H](C)OC(=O)[C@@H](C)n1cnc2scc(-c3ccccc3)c2c1=O. The summed E-state index contributed by atoms with van der Waals surface area (Å²) in [6.07, 6.45) is 1.98. The van der Waals surface area contributed by atoms with Crippen LogP contribution < -0.4 is 5.56 Å². The molecule has 0 aliphatic heterocycles. The Hall–Kier alpha value is -2.47. The highest BCUT2D eigenvalue weighted by Gasteiger charge is 2.22. The summed E-state index contributed by atoms with van der Waals surface area (Å²) in [6.45, 7) is 5.44. The van der Waals surface area contributed by atoms with Gasteiger partial charge in [-0.1, -0.05) is 37.3 Å². The lowest BCUT2D eigenvalue weighted by Crippen LogP contribution is -2.31. The van der Waals surface area contributed by atoms with Gasteiger partial charge < -0.3 is 4.74 Å². The molecule has 2 aromatic heterocycles. The van der Waals surface area contributed by atoms with Crippen LogP contribution in [0.2, 0.25) is 0 Å². The summed E-state index contributed by atoms with van der Waals surface area (Å²) in [4.78, 5) is 30.3. The molecule has 25 heavy (non-hydrogen) atoms. The molecule has 0 bridgehead atoms. The molecule has 6 heteroatoms. The minimum Gasteiger partial charge on any atom is -0.461 e. The molecule has 3 aromatic rings. The van der Waals surface area contributed by atoms with Crippen LogP contribution in [0.15, 0.2) is 46.8 Å². The molecule has 1 aromatic carbocycles. The number of hydrogen-bond donors (Lipinski definition) is 0. The Morgan fingerprint density at radius 2 is 2.00 bits per heavy atom. The van der Waals surface area contributed by atoms with Crippen LogP contribution >= 0.6 is 11.3 Å². The second kappa shape index (κ2) is 7.19. The number of ether oxygens (including phenoxy) is 1. The standard InChI is InChI=1S/C19H20N2O3S/c1-4-12(2)24-19(23)13(3)21-11-20-17-16(18(21)22)15(10-25-17)14-8-6-5-7-9-14/h5-13H,4H2,1-3H3/t12-,13-/m1/s1. The summed E-state index contributed by atoms with van der Waals surface area (Å²) in [7, 11) is 0. The van der Waals surface area contributed by atoms with E-state index in [2.05, 4.69) is 4.98 Å². The van der Waals surface area contributed by atoms with Crippen LogP contribution in [-0.2, 0) is 9.53 Å². The lowest BCUT2D eigenvalue weighted by atomic mass is 10.1. The van der Waals surface area contributed by atoms with Crippen molar-refractivity contribution in [2.45, 2.75) is 39.3 Å².